The highest BCUT2D eigenvalue weighted by Gasteiger charge is 2.42. The van der Waals surface area contributed by atoms with E-state index in [1.165, 1.54) is 75.9 Å². The van der Waals surface area contributed by atoms with Crippen molar-refractivity contribution in [3.63, 3.8) is 0 Å². The topological polar surface area (TPSA) is 12.0 Å². The molecule has 0 aromatic heterocycles. The van der Waals surface area contributed by atoms with Gasteiger partial charge in [-0.2, -0.15) is 0 Å². The third-order valence-electron chi connectivity index (χ3n) is 10.7. The van der Waals surface area contributed by atoms with Crippen molar-refractivity contribution >= 4 is 11.4 Å². The van der Waals surface area contributed by atoms with E-state index in [2.05, 4.69) is 112 Å². The molecule has 2 bridgehead atoms. The molecule has 2 saturated carbocycles. The van der Waals surface area contributed by atoms with Crippen LogP contribution >= 0.6 is 0 Å². The van der Waals surface area contributed by atoms with Crippen LogP contribution in [-0.4, -0.2) is 0 Å². The molecule has 190 valence electrons. The third-order valence-corrected chi connectivity index (χ3v) is 10.7. The molecule has 2 fully saturated rings. The van der Waals surface area contributed by atoms with Gasteiger partial charge in [-0.1, -0.05) is 88.7 Å². The van der Waals surface area contributed by atoms with Crippen molar-refractivity contribution in [1.29, 1.82) is 0 Å². The normalized spacial score (nSPS) is 24.6. The maximum Gasteiger partial charge on any atom is 0.0390 e. The minimum Gasteiger partial charge on any atom is -0.355 e. The van der Waals surface area contributed by atoms with Gasteiger partial charge in [-0.05, 0) is 111 Å². The van der Waals surface area contributed by atoms with Crippen LogP contribution < -0.4 is 5.32 Å². The fourth-order valence-corrected chi connectivity index (χ4v) is 8.68. The first-order chi connectivity index (χ1) is 18.3. The summed E-state index contributed by atoms with van der Waals surface area (Å²) in [5, 5.41) is 3.76. The number of nitrogens with one attached hydrogen (secondary N) is 1. The van der Waals surface area contributed by atoms with E-state index in [4.69, 9.17) is 0 Å². The number of hydrogen-bond acceptors (Lipinski definition) is 1. The largest absolute Gasteiger partial charge is 0.355 e. The van der Waals surface area contributed by atoms with Crippen LogP contribution in [0.5, 0.6) is 0 Å². The van der Waals surface area contributed by atoms with Gasteiger partial charge in [0.25, 0.3) is 0 Å². The van der Waals surface area contributed by atoms with Crippen molar-refractivity contribution in [3.8, 4) is 22.3 Å². The fourth-order valence-electron chi connectivity index (χ4n) is 8.68. The quantitative estimate of drug-likeness (QED) is 0.298. The first kappa shape index (κ1) is 22.6. The van der Waals surface area contributed by atoms with Gasteiger partial charge < -0.3 is 5.32 Å². The average molecular weight is 496 g/mol. The van der Waals surface area contributed by atoms with E-state index >= 15 is 0 Å². The molecule has 0 heterocycles. The Balaban J connectivity index is 1.12. The lowest BCUT2D eigenvalue weighted by atomic mass is 9.78. The summed E-state index contributed by atoms with van der Waals surface area (Å²) >= 11 is 0. The molecule has 4 aromatic rings. The monoisotopic (exact) mass is 495 g/mol. The van der Waals surface area contributed by atoms with E-state index in [1.807, 2.05) is 0 Å². The number of fused-ring (bicyclic) bond motifs is 8. The van der Waals surface area contributed by atoms with Crippen LogP contribution in [0.3, 0.4) is 0 Å². The van der Waals surface area contributed by atoms with E-state index in [1.54, 1.807) is 5.56 Å². The standard InChI is InChI=1S/C37H37N/c1-36(2)32-8-6-5-7-27(32)31-20-25(13-16-33(31)36)38-26-12-15-29-28-14-11-24(30-18-22-9-10-23(30)17-22)19-34(28)37(3,4)35(29)21-26/h5-8,11-16,19-23,30,38H,9-10,17-18H2,1-4H3. The molecule has 4 aliphatic carbocycles. The van der Waals surface area contributed by atoms with E-state index in [9.17, 15) is 0 Å². The summed E-state index contributed by atoms with van der Waals surface area (Å²) < 4.78 is 0. The van der Waals surface area contributed by atoms with Gasteiger partial charge in [-0.15, -0.1) is 0 Å². The SMILES string of the molecule is CC1(C)c2ccccc2-c2cc(Nc3ccc4c(c3)C(C)(C)c3cc(C5CC6CCC5C6)ccc3-4)ccc21. The van der Waals surface area contributed by atoms with Gasteiger partial charge in [0.05, 0.1) is 0 Å². The third kappa shape index (κ3) is 3.05. The molecule has 0 amide bonds. The lowest BCUT2D eigenvalue weighted by Gasteiger charge is -2.26. The maximum absolute atomic E-state index is 3.76. The summed E-state index contributed by atoms with van der Waals surface area (Å²) in [4.78, 5) is 0. The summed E-state index contributed by atoms with van der Waals surface area (Å²) in [6.45, 7) is 9.52. The molecule has 1 heteroatoms. The van der Waals surface area contributed by atoms with Crippen LogP contribution in [0.2, 0.25) is 0 Å². The zero-order valence-electron chi connectivity index (χ0n) is 23.1. The molecule has 0 spiro atoms. The Hall–Kier alpha value is -3.32. The Morgan fingerprint density at radius 2 is 1.24 bits per heavy atom. The van der Waals surface area contributed by atoms with Crippen LogP contribution in [-0.2, 0) is 10.8 Å². The Labute approximate surface area is 227 Å². The van der Waals surface area contributed by atoms with Crippen molar-refractivity contribution < 1.29 is 0 Å². The summed E-state index contributed by atoms with van der Waals surface area (Å²) in [5.74, 6) is 2.69. The molecule has 8 rings (SSSR count). The zero-order chi connectivity index (χ0) is 25.8. The minimum atomic E-state index is 0.0108. The number of benzene rings is 4. The van der Waals surface area contributed by atoms with E-state index in [0.717, 1.165) is 23.4 Å². The molecule has 1 nitrogen and oxygen atoms in total. The second-order valence-corrected chi connectivity index (χ2v) is 13.5. The Kier molecular flexibility index (Phi) is 4.54. The highest BCUT2D eigenvalue weighted by Crippen LogP contribution is 2.55. The van der Waals surface area contributed by atoms with Crippen LogP contribution in [0.4, 0.5) is 11.4 Å². The molecule has 1 N–H and O–H groups in total. The summed E-state index contributed by atoms with van der Waals surface area (Å²) in [5.41, 5.74) is 15.3. The van der Waals surface area contributed by atoms with Gasteiger partial charge in [0.15, 0.2) is 0 Å². The Bertz CT molecular complexity index is 1620. The molecule has 0 saturated heterocycles. The molecule has 0 aliphatic heterocycles. The van der Waals surface area contributed by atoms with Gasteiger partial charge in [0, 0.05) is 22.2 Å². The van der Waals surface area contributed by atoms with E-state index in [-0.39, 0.29) is 10.8 Å². The Morgan fingerprint density at radius 1 is 0.579 bits per heavy atom. The lowest BCUT2D eigenvalue weighted by molar-refractivity contribution is 0.419. The summed E-state index contributed by atoms with van der Waals surface area (Å²) in [6.07, 6.45) is 5.78. The molecule has 4 aromatic carbocycles. The predicted octanol–water partition coefficient (Wildman–Crippen LogP) is 9.95. The van der Waals surface area contributed by atoms with Gasteiger partial charge in [-0.25, -0.2) is 0 Å². The fraction of sp³-hybridized carbons (Fsp3) is 0.351. The van der Waals surface area contributed by atoms with Gasteiger partial charge >= 0.3 is 0 Å². The van der Waals surface area contributed by atoms with Crippen molar-refractivity contribution in [2.75, 3.05) is 5.32 Å². The van der Waals surface area contributed by atoms with E-state index < -0.39 is 0 Å². The zero-order valence-corrected chi connectivity index (χ0v) is 23.1. The lowest BCUT2D eigenvalue weighted by Crippen LogP contribution is -2.16. The van der Waals surface area contributed by atoms with Gasteiger partial charge in [-0.3, -0.25) is 0 Å². The highest BCUT2D eigenvalue weighted by atomic mass is 14.9. The molecular formula is C37H37N. The van der Waals surface area contributed by atoms with Crippen molar-refractivity contribution in [2.24, 2.45) is 11.8 Å². The van der Waals surface area contributed by atoms with Gasteiger partial charge in [0.1, 0.15) is 0 Å². The van der Waals surface area contributed by atoms with Crippen LogP contribution in [0.25, 0.3) is 22.3 Å². The minimum absolute atomic E-state index is 0.0108. The number of rotatable bonds is 3. The first-order valence-corrected chi connectivity index (χ1v) is 14.6. The van der Waals surface area contributed by atoms with Crippen molar-refractivity contribution in [3.05, 3.63) is 107 Å². The Morgan fingerprint density at radius 3 is 2.03 bits per heavy atom. The van der Waals surface area contributed by atoms with E-state index in [0.29, 0.717) is 0 Å². The number of hydrogen-bond donors (Lipinski definition) is 1. The van der Waals surface area contributed by atoms with Crippen LogP contribution in [0, 0.1) is 11.8 Å². The summed E-state index contributed by atoms with van der Waals surface area (Å²) in [6, 6.07) is 30.3. The van der Waals surface area contributed by atoms with Crippen LogP contribution in [0.15, 0.2) is 78.9 Å². The maximum atomic E-state index is 3.76. The molecule has 38 heavy (non-hydrogen) atoms. The first-order valence-electron chi connectivity index (χ1n) is 14.6. The second kappa shape index (κ2) is 7.63. The molecular weight excluding hydrogens is 458 g/mol. The molecule has 3 unspecified atom stereocenters. The average Bonchev–Trinajstić information content (AvgIpc) is 3.66. The van der Waals surface area contributed by atoms with Crippen molar-refractivity contribution in [1.82, 2.24) is 0 Å². The molecule has 0 radical (unpaired) electrons. The van der Waals surface area contributed by atoms with Gasteiger partial charge in [0.2, 0.25) is 0 Å². The molecule has 3 atom stereocenters. The number of anilines is 2. The van der Waals surface area contributed by atoms with Crippen molar-refractivity contribution in [2.45, 2.75) is 70.1 Å². The molecule has 4 aliphatic rings. The summed E-state index contributed by atoms with van der Waals surface area (Å²) in [7, 11) is 0. The van der Waals surface area contributed by atoms with Crippen LogP contribution in [0.1, 0.15) is 87.1 Å². The predicted molar refractivity (Wildman–Crippen MR) is 159 cm³/mol. The highest BCUT2D eigenvalue weighted by molar-refractivity contribution is 5.85. The smallest absolute Gasteiger partial charge is 0.0390 e. The second-order valence-electron chi connectivity index (χ2n) is 13.5.